The molecule has 0 saturated carbocycles. The summed E-state index contributed by atoms with van der Waals surface area (Å²) in [5.74, 6) is -0.282. The van der Waals surface area contributed by atoms with Crippen LogP contribution in [-0.2, 0) is 6.42 Å². The zero-order valence-electron chi connectivity index (χ0n) is 19.4. The largest absolute Gasteiger partial charge is 0.507 e. The highest BCUT2D eigenvalue weighted by molar-refractivity contribution is 5.90. The minimum absolute atomic E-state index is 0.147. The molecule has 2 rings (SSSR count). The molecule has 0 fully saturated rings. The Morgan fingerprint density at radius 3 is 1.84 bits per heavy atom. The molecule has 2 N–H and O–H groups in total. The van der Waals surface area contributed by atoms with Gasteiger partial charge in [0.25, 0.3) is 0 Å². The van der Waals surface area contributed by atoms with E-state index < -0.39 is 5.97 Å². The summed E-state index contributed by atoms with van der Waals surface area (Å²) in [5, 5.41) is 18.6. The van der Waals surface area contributed by atoms with Crippen LogP contribution in [0.4, 0.5) is 0 Å². The number of phenols is 1. The third-order valence-corrected chi connectivity index (χ3v) is 5.56. The van der Waals surface area contributed by atoms with E-state index in [0.29, 0.717) is 19.0 Å². The van der Waals surface area contributed by atoms with Gasteiger partial charge in [0.2, 0.25) is 0 Å². The van der Waals surface area contributed by atoms with Gasteiger partial charge in [0.15, 0.2) is 0 Å². The lowest BCUT2D eigenvalue weighted by atomic mass is 10.0. The van der Waals surface area contributed by atoms with E-state index >= 15 is 0 Å². The number of aryl methyl sites for hydroxylation is 1. The van der Waals surface area contributed by atoms with Gasteiger partial charge in [0.1, 0.15) is 36.0 Å². The van der Waals surface area contributed by atoms with Gasteiger partial charge in [-0.15, -0.1) is 0 Å². The van der Waals surface area contributed by atoms with E-state index in [-0.39, 0.29) is 11.3 Å². The van der Waals surface area contributed by atoms with E-state index in [1.807, 2.05) is 12.1 Å². The summed E-state index contributed by atoms with van der Waals surface area (Å²) in [4.78, 5) is 10.9. The van der Waals surface area contributed by atoms with Gasteiger partial charge < -0.3 is 19.7 Å². The summed E-state index contributed by atoms with van der Waals surface area (Å²) in [7, 11) is 0. The lowest BCUT2D eigenvalue weighted by Gasteiger charge is -2.10. The molecule has 0 aliphatic rings. The van der Waals surface area contributed by atoms with Gasteiger partial charge in [-0.25, -0.2) is 4.79 Å². The number of hydrogen-bond acceptors (Lipinski definition) is 4. The number of carboxylic acids is 1. The predicted octanol–water partition coefficient (Wildman–Crippen LogP) is 7.01. The molecule has 0 radical (unpaired) electrons. The number of aromatic carboxylic acids is 1. The zero-order valence-corrected chi connectivity index (χ0v) is 19.4. The van der Waals surface area contributed by atoms with Crippen molar-refractivity contribution in [1.82, 2.24) is 0 Å². The first-order valence-electron chi connectivity index (χ1n) is 12.0. The van der Waals surface area contributed by atoms with Crippen LogP contribution in [0.5, 0.6) is 17.2 Å². The summed E-state index contributed by atoms with van der Waals surface area (Å²) in [6.45, 7) is 2.92. The molecule has 0 unspecified atom stereocenters. The van der Waals surface area contributed by atoms with E-state index in [1.54, 1.807) is 0 Å². The fourth-order valence-corrected chi connectivity index (χ4v) is 3.67. The Morgan fingerprint density at radius 1 is 0.750 bits per heavy atom. The summed E-state index contributed by atoms with van der Waals surface area (Å²) in [5.41, 5.74) is 1.19. The van der Waals surface area contributed by atoms with Crippen LogP contribution >= 0.6 is 0 Å². The van der Waals surface area contributed by atoms with Crippen molar-refractivity contribution in [1.29, 1.82) is 0 Å². The molecule has 176 valence electrons. The molecule has 0 aliphatic heterocycles. The van der Waals surface area contributed by atoms with Gasteiger partial charge in [-0.2, -0.15) is 0 Å². The number of benzene rings is 2. The highest BCUT2D eigenvalue weighted by Crippen LogP contribution is 2.23. The molecule has 0 aromatic heterocycles. The Morgan fingerprint density at radius 2 is 1.28 bits per heavy atom. The smallest absolute Gasteiger partial charge is 0.339 e. The van der Waals surface area contributed by atoms with Crippen LogP contribution in [0.15, 0.2) is 42.5 Å². The lowest BCUT2D eigenvalue weighted by molar-refractivity contribution is 0.0693. The normalized spacial score (nSPS) is 10.8. The Bertz CT molecular complexity index is 785. The molecule has 2 aromatic carbocycles. The summed E-state index contributed by atoms with van der Waals surface area (Å²) < 4.78 is 11.2. The fraction of sp³-hybridized carbons (Fsp3) is 0.519. The van der Waals surface area contributed by atoms with Crippen LogP contribution in [0.3, 0.4) is 0 Å². The van der Waals surface area contributed by atoms with Gasteiger partial charge in [-0.3, -0.25) is 0 Å². The lowest BCUT2D eigenvalue weighted by Crippen LogP contribution is -2.09. The molecule has 0 bridgehead atoms. The van der Waals surface area contributed by atoms with E-state index in [4.69, 9.17) is 14.6 Å². The molecule has 0 atom stereocenters. The van der Waals surface area contributed by atoms with Crippen LogP contribution in [0.1, 0.15) is 87.1 Å². The van der Waals surface area contributed by atoms with Crippen molar-refractivity contribution >= 4 is 5.97 Å². The van der Waals surface area contributed by atoms with Crippen molar-refractivity contribution in [2.24, 2.45) is 0 Å². The maximum Gasteiger partial charge on any atom is 0.339 e. The number of unbranched alkanes of at least 4 members (excludes halogenated alkanes) is 9. The standard InChI is InChI=1S/C27H38O5/c1-2-3-4-5-6-7-8-9-10-11-12-22-13-15-23(16-14-22)31-19-20-32-24-17-18-25(27(29)30)26(28)21-24/h13-18,21,28H,2-12,19-20H2,1H3,(H,29,30). The number of rotatable bonds is 17. The molecule has 5 nitrogen and oxygen atoms in total. The van der Waals surface area contributed by atoms with Crippen molar-refractivity contribution in [3.8, 4) is 17.2 Å². The topological polar surface area (TPSA) is 76.0 Å². The van der Waals surface area contributed by atoms with Gasteiger partial charge in [0.05, 0.1) is 0 Å². The van der Waals surface area contributed by atoms with Crippen LogP contribution in [0.2, 0.25) is 0 Å². The molecule has 32 heavy (non-hydrogen) atoms. The SMILES string of the molecule is CCCCCCCCCCCCc1ccc(OCCOc2ccc(C(=O)O)c(O)c2)cc1. The van der Waals surface area contributed by atoms with Crippen molar-refractivity contribution < 1.29 is 24.5 Å². The Kier molecular flexibility index (Phi) is 12.1. The van der Waals surface area contributed by atoms with Crippen molar-refractivity contribution in [3.05, 3.63) is 53.6 Å². The molecule has 0 saturated heterocycles. The predicted molar refractivity (Wildman–Crippen MR) is 128 cm³/mol. The van der Waals surface area contributed by atoms with Gasteiger partial charge in [-0.05, 0) is 42.7 Å². The molecular weight excluding hydrogens is 404 g/mol. The number of aromatic hydroxyl groups is 1. The molecule has 0 amide bonds. The van der Waals surface area contributed by atoms with Crippen LogP contribution < -0.4 is 9.47 Å². The highest BCUT2D eigenvalue weighted by Gasteiger charge is 2.10. The highest BCUT2D eigenvalue weighted by atomic mass is 16.5. The second-order valence-corrected chi connectivity index (χ2v) is 8.26. The molecule has 0 heterocycles. The van der Waals surface area contributed by atoms with E-state index in [9.17, 15) is 9.90 Å². The number of ether oxygens (including phenoxy) is 2. The van der Waals surface area contributed by atoms with Gasteiger partial charge in [-0.1, -0.05) is 76.8 Å². The first-order valence-corrected chi connectivity index (χ1v) is 12.0. The zero-order chi connectivity index (χ0) is 23.0. The minimum Gasteiger partial charge on any atom is -0.507 e. The van der Waals surface area contributed by atoms with Crippen LogP contribution in [-0.4, -0.2) is 29.4 Å². The van der Waals surface area contributed by atoms with Gasteiger partial charge in [0, 0.05) is 6.07 Å². The third kappa shape index (κ3) is 10.1. The Balaban J connectivity index is 1.54. The minimum atomic E-state index is -1.17. The van der Waals surface area contributed by atoms with Crippen LogP contribution in [0, 0.1) is 0 Å². The third-order valence-electron chi connectivity index (χ3n) is 5.56. The first kappa shape index (κ1) is 25.6. The maximum atomic E-state index is 10.9. The summed E-state index contributed by atoms with van der Waals surface area (Å²) >= 11 is 0. The molecule has 0 aliphatic carbocycles. The molecular formula is C27H38O5. The van der Waals surface area contributed by atoms with Crippen molar-refractivity contribution in [3.63, 3.8) is 0 Å². The van der Waals surface area contributed by atoms with Crippen molar-refractivity contribution in [2.75, 3.05) is 13.2 Å². The Labute approximate surface area is 192 Å². The van der Waals surface area contributed by atoms with Crippen LogP contribution in [0.25, 0.3) is 0 Å². The Hall–Kier alpha value is -2.69. The number of carbonyl (C=O) groups is 1. The number of carboxylic acid groups (broad SMARTS) is 1. The second-order valence-electron chi connectivity index (χ2n) is 8.26. The van der Waals surface area contributed by atoms with E-state index in [2.05, 4.69) is 19.1 Å². The quantitative estimate of drug-likeness (QED) is 0.258. The van der Waals surface area contributed by atoms with E-state index in [1.165, 1.54) is 88.0 Å². The molecule has 0 spiro atoms. The first-order chi connectivity index (χ1) is 15.6. The summed E-state index contributed by atoms with van der Waals surface area (Å²) in [6, 6.07) is 12.3. The molecule has 5 heteroatoms. The van der Waals surface area contributed by atoms with Crippen molar-refractivity contribution in [2.45, 2.75) is 77.6 Å². The second kappa shape index (κ2) is 15.2. The monoisotopic (exact) mass is 442 g/mol. The fourth-order valence-electron chi connectivity index (χ4n) is 3.67. The average molecular weight is 443 g/mol. The maximum absolute atomic E-state index is 10.9. The molecule has 2 aromatic rings. The summed E-state index contributed by atoms with van der Waals surface area (Å²) in [6.07, 6.45) is 14.6. The number of hydrogen-bond donors (Lipinski definition) is 2. The van der Waals surface area contributed by atoms with Gasteiger partial charge >= 0.3 is 5.97 Å². The van der Waals surface area contributed by atoms with E-state index in [0.717, 1.165) is 12.2 Å². The average Bonchev–Trinajstić information content (AvgIpc) is 2.78.